The van der Waals surface area contributed by atoms with Gasteiger partial charge in [-0.25, -0.2) is 9.97 Å². The third-order valence-electron chi connectivity index (χ3n) is 6.03. The van der Waals surface area contributed by atoms with Crippen molar-refractivity contribution in [1.29, 1.82) is 0 Å². The van der Waals surface area contributed by atoms with Crippen molar-refractivity contribution in [2.45, 2.75) is 45.8 Å². The molecule has 2 aliphatic rings. The van der Waals surface area contributed by atoms with Crippen LogP contribution in [0.5, 0.6) is 0 Å². The van der Waals surface area contributed by atoms with Gasteiger partial charge in [0.2, 0.25) is 0 Å². The molecular weight excluding hydrogens is 404 g/mol. The quantitative estimate of drug-likeness (QED) is 0.623. The van der Waals surface area contributed by atoms with Crippen LogP contribution in [-0.4, -0.2) is 64.8 Å². The predicted octanol–water partition coefficient (Wildman–Crippen LogP) is 2.01. The van der Waals surface area contributed by atoms with Gasteiger partial charge in [0.1, 0.15) is 11.5 Å². The van der Waals surface area contributed by atoms with Gasteiger partial charge < -0.3 is 15.2 Å². The summed E-state index contributed by atoms with van der Waals surface area (Å²) in [5.41, 5.74) is 3.97. The van der Waals surface area contributed by atoms with Crippen molar-refractivity contribution in [3.8, 4) is 0 Å². The van der Waals surface area contributed by atoms with Gasteiger partial charge in [0.05, 0.1) is 19.3 Å². The van der Waals surface area contributed by atoms with E-state index in [0.29, 0.717) is 29.9 Å². The number of nitrogens with one attached hydrogen (secondary N) is 1. The summed E-state index contributed by atoms with van der Waals surface area (Å²) in [6.07, 6.45) is 1.89. The number of aliphatic hydroxyl groups excluding tert-OH is 1. The van der Waals surface area contributed by atoms with Crippen LogP contribution in [0.4, 0.5) is 0 Å². The fourth-order valence-corrected chi connectivity index (χ4v) is 4.30. The summed E-state index contributed by atoms with van der Waals surface area (Å²) in [5.74, 6) is 1.32. The second-order valence-corrected chi connectivity index (χ2v) is 9.48. The van der Waals surface area contributed by atoms with Gasteiger partial charge in [-0.2, -0.15) is 0 Å². The van der Waals surface area contributed by atoms with Gasteiger partial charge in [-0.05, 0) is 36.0 Å². The number of ether oxygens (including phenoxy) is 1. The number of benzene rings is 1. The highest BCUT2D eigenvalue weighted by molar-refractivity contribution is 5.92. The second-order valence-electron chi connectivity index (χ2n) is 9.48. The zero-order valence-electron chi connectivity index (χ0n) is 19.1. The molecule has 3 heterocycles. The Morgan fingerprint density at radius 1 is 1.25 bits per heavy atom. The first-order valence-corrected chi connectivity index (χ1v) is 11.7. The number of β-amino-alcohol motifs (C(OH)–C–C–N with tert-alkyl or cyclic N) is 1. The van der Waals surface area contributed by atoms with E-state index in [1.165, 1.54) is 11.1 Å². The minimum absolute atomic E-state index is 0.201. The van der Waals surface area contributed by atoms with Crippen LogP contribution in [0, 0.1) is 11.8 Å². The van der Waals surface area contributed by atoms with E-state index < -0.39 is 6.10 Å². The van der Waals surface area contributed by atoms with Gasteiger partial charge in [-0.1, -0.05) is 38.1 Å². The summed E-state index contributed by atoms with van der Waals surface area (Å²) in [6, 6.07) is 10.2. The molecule has 0 spiro atoms. The summed E-state index contributed by atoms with van der Waals surface area (Å²) < 4.78 is 5.27. The molecule has 1 aromatic carbocycles. The molecule has 7 heteroatoms. The highest BCUT2D eigenvalue weighted by Gasteiger charge is 2.22. The van der Waals surface area contributed by atoms with Crippen molar-refractivity contribution in [2.75, 3.05) is 32.8 Å². The maximum atomic E-state index is 12.8. The molecule has 2 aromatic rings. The fourth-order valence-electron chi connectivity index (χ4n) is 4.30. The molecule has 0 unspecified atom stereocenters. The molecule has 1 atom stereocenters. The minimum atomic E-state index is -0.632. The van der Waals surface area contributed by atoms with Crippen LogP contribution in [0.3, 0.4) is 0 Å². The summed E-state index contributed by atoms with van der Waals surface area (Å²) >= 11 is 0. The summed E-state index contributed by atoms with van der Waals surface area (Å²) in [5, 5.41) is 13.4. The first kappa shape index (κ1) is 22.8. The van der Waals surface area contributed by atoms with E-state index >= 15 is 0 Å². The van der Waals surface area contributed by atoms with Gasteiger partial charge in [-0.3, -0.25) is 9.69 Å². The monoisotopic (exact) mass is 438 g/mol. The molecule has 0 aliphatic carbocycles. The molecule has 1 saturated heterocycles. The molecule has 1 amide bonds. The lowest BCUT2D eigenvalue weighted by molar-refractivity contribution is -0.0316. The van der Waals surface area contributed by atoms with E-state index in [1.807, 2.05) is 0 Å². The van der Waals surface area contributed by atoms with E-state index in [2.05, 4.69) is 58.3 Å². The molecule has 7 nitrogen and oxygen atoms in total. The van der Waals surface area contributed by atoms with Gasteiger partial charge in [0.15, 0.2) is 0 Å². The first-order chi connectivity index (χ1) is 15.5. The number of carbonyl (C=O) groups is 1. The van der Waals surface area contributed by atoms with E-state index in [9.17, 15) is 9.90 Å². The van der Waals surface area contributed by atoms with Gasteiger partial charge in [0.25, 0.3) is 5.91 Å². The van der Waals surface area contributed by atoms with Crippen LogP contribution in [-0.2, 0) is 30.5 Å². The van der Waals surface area contributed by atoms with Crippen molar-refractivity contribution in [3.63, 3.8) is 0 Å². The largest absolute Gasteiger partial charge is 0.390 e. The number of rotatable bonds is 9. The van der Waals surface area contributed by atoms with Crippen molar-refractivity contribution in [3.05, 3.63) is 58.7 Å². The SMILES string of the molecule is CC(C)Cc1nc(CC2COC2)cc(C(=O)NC[C@H](O)CN2CCc3ccccc3C2)n1. The molecule has 1 fully saturated rings. The van der Waals surface area contributed by atoms with E-state index in [-0.39, 0.29) is 12.5 Å². The normalized spacial score (nSPS) is 17.6. The Morgan fingerprint density at radius 2 is 2.03 bits per heavy atom. The number of carbonyl (C=O) groups excluding carboxylic acids is 1. The molecular formula is C25H34N4O3. The molecule has 0 radical (unpaired) electrons. The average Bonchev–Trinajstić information content (AvgIpc) is 2.74. The molecule has 172 valence electrons. The second kappa shape index (κ2) is 10.5. The third kappa shape index (κ3) is 6.12. The van der Waals surface area contributed by atoms with E-state index in [1.54, 1.807) is 6.07 Å². The predicted molar refractivity (Wildman–Crippen MR) is 122 cm³/mol. The molecule has 0 saturated carbocycles. The van der Waals surface area contributed by atoms with Crippen LogP contribution >= 0.6 is 0 Å². The summed E-state index contributed by atoms with van der Waals surface area (Å²) in [4.78, 5) is 24.2. The standard InChI is InChI=1S/C25H34N4O3/c1-17(2)9-24-27-21(10-18-15-32-16-18)11-23(28-24)25(31)26-12-22(30)14-29-8-7-19-5-3-4-6-20(19)13-29/h3-6,11,17-18,22,30H,7-10,12-16H2,1-2H3,(H,26,31)/t22-/m0/s1. The molecule has 2 N–H and O–H groups in total. The Labute approximate surface area is 190 Å². The van der Waals surface area contributed by atoms with Crippen molar-refractivity contribution in [2.24, 2.45) is 11.8 Å². The van der Waals surface area contributed by atoms with Gasteiger partial charge in [0, 0.05) is 44.2 Å². The maximum absolute atomic E-state index is 12.8. The number of hydrogen-bond donors (Lipinski definition) is 2. The number of nitrogens with zero attached hydrogens (tertiary/aromatic N) is 3. The fraction of sp³-hybridized carbons (Fsp3) is 0.560. The van der Waals surface area contributed by atoms with Crippen molar-refractivity contribution in [1.82, 2.24) is 20.2 Å². The Bertz CT molecular complexity index is 929. The molecule has 0 bridgehead atoms. The zero-order chi connectivity index (χ0) is 22.5. The van der Waals surface area contributed by atoms with Crippen molar-refractivity contribution < 1.29 is 14.6 Å². The average molecular weight is 439 g/mol. The maximum Gasteiger partial charge on any atom is 0.270 e. The number of fused-ring (bicyclic) bond motifs is 1. The third-order valence-corrected chi connectivity index (χ3v) is 6.03. The van der Waals surface area contributed by atoms with Crippen LogP contribution in [0.15, 0.2) is 30.3 Å². The molecule has 32 heavy (non-hydrogen) atoms. The number of aromatic nitrogens is 2. The molecule has 4 rings (SSSR count). The van der Waals surface area contributed by atoms with Gasteiger partial charge >= 0.3 is 0 Å². The van der Waals surface area contributed by atoms with Crippen LogP contribution in [0.1, 0.15) is 47.0 Å². The highest BCUT2D eigenvalue weighted by atomic mass is 16.5. The zero-order valence-corrected chi connectivity index (χ0v) is 19.1. The van der Waals surface area contributed by atoms with Crippen LogP contribution < -0.4 is 5.32 Å². The lowest BCUT2D eigenvalue weighted by atomic mass is 10.00. The topological polar surface area (TPSA) is 87.6 Å². The van der Waals surface area contributed by atoms with Crippen LogP contribution in [0.25, 0.3) is 0 Å². The number of hydrogen-bond acceptors (Lipinski definition) is 6. The Kier molecular flexibility index (Phi) is 7.50. The summed E-state index contributed by atoms with van der Waals surface area (Å²) in [6.45, 7) is 8.21. The van der Waals surface area contributed by atoms with E-state index in [0.717, 1.165) is 51.3 Å². The van der Waals surface area contributed by atoms with Gasteiger partial charge in [-0.15, -0.1) is 0 Å². The lowest BCUT2D eigenvalue weighted by Crippen LogP contribution is -2.42. The Hall–Kier alpha value is -2.35. The Morgan fingerprint density at radius 3 is 2.75 bits per heavy atom. The lowest BCUT2D eigenvalue weighted by Gasteiger charge is -2.30. The number of amides is 1. The van der Waals surface area contributed by atoms with E-state index in [4.69, 9.17) is 4.74 Å². The number of aliphatic hydroxyl groups is 1. The highest BCUT2D eigenvalue weighted by Crippen LogP contribution is 2.19. The molecule has 2 aliphatic heterocycles. The summed E-state index contributed by atoms with van der Waals surface area (Å²) in [7, 11) is 0. The van der Waals surface area contributed by atoms with Crippen LogP contribution in [0.2, 0.25) is 0 Å². The minimum Gasteiger partial charge on any atom is -0.390 e. The Balaban J connectivity index is 1.33. The smallest absolute Gasteiger partial charge is 0.270 e. The van der Waals surface area contributed by atoms with Crippen molar-refractivity contribution >= 4 is 5.91 Å². The molecule has 1 aromatic heterocycles. The first-order valence-electron chi connectivity index (χ1n) is 11.7.